The van der Waals surface area contributed by atoms with Crippen molar-refractivity contribution in [3.63, 3.8) is 0 Å². The molecule has 2 N–H and O–H groups in total. The highest BCUT2D eigenvalue weighted by Gasteiger charge is 2.16. The van der Waals surface area contributed by atoms with Gasteiger partial charge in [-0.05, 0) is 31.5 Å². The van der Waals surface area contributed by atoms with Crippen molar-refractivity contribution in [2.75, 3.05) is 7.11 Å². The number of ether oxygens (including phenoxy) is 1. The molecule has 1 unspecified atom stereocenters. The van der Waals surface area contributed by atoms with E-state index in [-0.39, 0.29) is 6.04 Å². The summed E-state index contributed by atoms with van der Waals surface area (Å²) in [7, 11) is 1.69. The Morgan fingerprint density at radius 2 is 2.06 bits per heavy atom. The van der Waals surface area contributed by atoms with Crippen LogP contribution in [0.4, 0.5) is 0 Å². The summed E-state index contributed by atoms with van der Waals surface area (Å²) in [6.45, 7) is 4.23. The zero-order valence-corrected chi connectivity index (χ0v) is 11.9. The molecule has 1 aromatic carbocycles. The first-order valence-corrected chi connectivity index (χ1v) is 6.96. The van der Waals surface area contributed by atoms with E-state index in [1.54, 1.807) is 18.4 Å². The molecule has 0 aliphatic rings. The van der Waals surface area contributed by atoms with E-state index >= 15 is 0 Å². The molecule has 2 nitrogen and oxygen atoms in total. The van der Waals surface area contributed by atoms with Gasteiger partial charge in [0, 0.05) is 15.3 Å². The Balaban J connectivity index is 2.38. The number of benzene rings is 1. The van der Waals surface area contributed by atoms with Crippen LogP contribution >= 0.6 is 11.3 Å². The van der Waals surface area contributed by atoms with E-state index < -0.39 is 0 Å². The second-order valence-corrected chi connectivity index (χ2v) is 5.58. The Hall–Kier alpha value is -1.32. The van der Waals surface area contributed by atoms with Crippen LogP contribution in [-0.4, -0.2) is 7.11 Å². The zero-order valence-electron chi connectivity index (χ0n) is 11.1. The van der Waals surface area contributed by atoms with Gasteiger partial charge in [0.2, 0.25) is 0 Å². The summed E-state index contributed by atoms with van der Waals surface area (Å²) < 4.78 is 5.40. The minimum atomic E-state index is -0.106. The Labute approximate surface area is 112 Å². The fourth-order valence-electron chi connectivity index (χ4n) is 2.00. The monoisotopic (exact) mass is 261 g/mol. The van der Waals surface area contributed by atoms with Crippen LogP contribution in [0.25, 0.3) is 0 Å². The zero-order chi connectivity index (χ0) is 13.1. The van der Waals surface area contributed by atoms with Crippen LogP contribution < -0.4 is 10.5 Å². The van der Waals surface area contributed by atoms with E-state index in [1.165, 1.54) is 15.3 Å². The van der Waals surface area contributed by atoms with Gasteiger partial charge in [-0.1, -0.05) is 24.6 Å². The van der Waals surface area contributed by atoms with Crippen molar-refractivity contribution in [2.45, 2.75) is 26.3 Å². The molecule has 0 spiro atoms. The van der Waals surface area contributed by atoms with Crippen LogP contribution in [-0.2, 0) is 6.42 Å². The van der Waals surface area contributed by atoms with Gasteiger partial charge in [-0.25, -0.2) is 0 Å². The third kappa shape index (κ3) is 2.57. The number of methoxy groups -OCH3 is 1. The molecule has 0 aliphatic heterocycles. The van der Waals surface area contributed by atoms with Gasteiger partial charge in [0.25, 0.3) is 0 Å². The maximum Gasteiger partial charge on any atom is 0.124 e. The van der Waals surface area contributed by atoms with Crippen molar-refractivity contribution < 1.29 is 4.74 Å². The van der Waals surface area contributed by atoms with Crippen LogP contribution in [0.3, 0.4) is 0 Å². The molecule has 0 aliphatic carbocycles. The second-order valence-electron chi connectivity index (χ2n) is 4.38. The number of hydrogen-bond acceptors (Lipinski definition) is 3. The molecule has 2 rings (SSSR count). The van der Waals surface area contributed by atoms with Gasteiger partial charge in [0.15, 0.2) is 0 Å². The van der Waals surface area contributed by atoms with Gasteiger partial charge in [-0.3, -0.25) is 0 Å². The lowest BCUT2D eigenvalue weighted by atomic mass is 10.0. The lowest BCUT2D eigenvalue weighted by molar-refractivity contribution is 0.408. The Morgan fingerprint density at radius 3 is 2.67 bits per heavy atom. The highest BCUT2D eigenvalue weighted by atomic mass is 32.1. The average molecular weight is 261 g/mol. The van der Waals surface area contributed by atoms with Gasteiger partial charge >= 0.3 is 0 Å². The predicted octanol–water partition coefficient (Wildman–Crippen LogP) is 3.68. The van der Waals surface area contributed by atoms with Crippen LogP contribution in [0.15, 0.2) is 30.3 Å². The van der Waals surface area contributed by atoms with E-state index in [0.29, 0.717) is 0 Å². The summed E-state index contributed by atoms with van der Waals surface area (Å²) in [6, 6.07) is 10.3. The third-order valence-corrected chi connectivity index (χ3v) is 4.37. The van der Waals surface area contributed by atoms with Crippen molar-refractivity contribution in [1.82, 2.24) is 0 Å². The van der Waals surface area contributed by atoms with Crippen molar-refractivity contribution in [3.05, 3.63) is 51.2 Å². The molecule has 0 amide bonds. The molecular formula is C15H19NOS. The van der Waals surface area contributed by atoms with Gasteiger partial charge < -0.3 is 10.5 Å². The average Bonchev–Trinajstić information content (AvgIpc) is 2.86. The second kappa shape index (κ2) is 5.55. The highest BCUT2D eigenvalue weighted by Crippen LogP contribution is 2.32. The smallest absolute Gasteiger partial charge is 0.124 e. The van der Waals surface area contributed by atoms with Crippen LogP contribution in [0, 0.1) is 6.92 Å². The van der Waals surface area contributed by atoms with E-state index in [1.807, 2.05) is 12.1 Å². The quantitative estimate of drug-likeness (QED) is 0.911. The van der Waals surface area contributed by atoms with Crippen molar-refractivity contribution in [2.24, 2.45) is 5.73 Å². The SMILES string of the molecule is CCc1ccc(C(N)c2cc(C)ccc2OC)s1. The molecule has 3 heteroatoms. The first-order valence-electron chi connectivity index (χ1n) is 6.14. The standard InChI is InChI=1S/C15H19NOS/c1-4-11-6-8-14(18-11)15(16)12-9-10(2)5-7-13(12)17-3/h5-9,15H,4,16H2,1-3H3. The Morgan fingerprint density at radius 1 is 1.28 bits per heavy atom. The van der Waals surface area contributed by atoms with Crippen molar-refractivity contribution >= 4 is 11.3 Å². The maximum atomic E-state index is 6.36. The first kappa shape index (κ1) is 13.1. The topological polar surface area (TPSA) is 35.2 Å². The summed E-state index contributed by atoms with van der Waals surface area (Å²) in [4.78, 5) is 2.56. The molecule has 18 heavy (non-hydrogen) atoms. The molecule has 0 bridgehead atoms. The van der Waals surface area contributed by atoms with Gasteiger partial charge in [0.1, 0.15) is 5.75 Å². The summed E-state index contributed by atoms with van der Waals surface area (Å²) in [5.41, 5.74) is 8.62. The maximum absolute atomic E-state index is 6.36. The number of nitrogens with two attached hydrogens (primary N) is 1. The van der Waals surface area contributed by atoms with Gasteiger partial charge in [-0.2, -0.15) is 0 Å². The number of rotatable bonds is 4. The van der Waals surface area contributed by atoms with Crippen LogP contribution in [0.5, 0.6) is 5.75 Å². The fourth-order valence-corrected chi connectivity index (χ4v) is 2.97. The van der Waals surface area contributed by atoms with E-state index in [2.05, 4.69) is 32.0 Å². The molecule has 0 saturated carbocycles. The largest absolute Gasteiger partial charge is 0.496 e. The normalized spacial score (nSPS) is 12.4. The number of hydrogen-bond donors (Lipinski definition) is 1. The van der Waals surface area contributed by atoms with E-state index in [4.69, 9.17) is 10.5 Å². The lowest BCUT2D eigenvalue weighted by Crippen LogP contribution is -2.11. The highest BCUT2D eigenvalue weighted by molar-refractivity contribution is 7.12. The van der Waals surface area contributed by atoms with E-state index in [0.717, 1.165) is 17.7 Å². The molecule has 96 valence electrons. The molecule has 2 aromatic rings. The molecule has 0 saturated heterocycles. The molecule has 0 radical (unpaired) electrons. The molecule has 0 fully saturated rings. The molecule has 1 atom stereocenters. The fraction of sp³-hybridized carbons (Fsp3) is 0.333. The number of aryl methyl sites for hydroxylation is 2. The third-order valence-electron chi connectivity index (χ3n) is 3.06. The van der Waals surface area contributed by atoms with E-state index in [9.17, 15) is 0 Å². The number of thiophene rings is 1. The summed E-state index contributed by atoms with van der Waals surface area (Å²) in [5.74, 6) is 0.861. The van der Waals surface area contributed by atoms with Gasteiger partial charge in [-0.15, -0.1) is 11.3 Å². The Kier molecular flexibility index (Phi) is 4.04. The molecular weight excluding hydrogens is 242 g/mol. The lowest BCUT2D eigenvalue weighted by Gasteiger charge is -2.15. The minimum absolute atomic E-state index is 0.106. The summed E-state index contributed by atoms with van der Waals surface area (Å²) in [6.07, 6.45) is 1.06. The van der Waals surface area contributed by atoms with Crippen molar-refractivity contribution in [3.8, 4) is 5.75 Å². The minimum Gasteiger partial charge on any atom is -0.496 e. The van der Waals surface area contributed by atoms with Crippen LogP contribution in [0.1, 0.15) is 33.8 Å². The van der Waals surface area contributed by atoms with Crippen LogP contribution in [0.2, 0.25) is 0 Å². The first-order chi connectivity index (χ1) is 8.65. The summed E-state index contributed by atoms with van der Waals surface area (Å²) >= 11 is 1.78. The van der Waals surface area contributed by atoms with Crippen molar-refractivity contribution in [1.29, 1.82) is 0 Å². The Bertz CT molecular complexity index is 533. The molecule has 1 heterocycles. The molecule has 1 aromatic heterocycles. The predicted molar refractivity (Wildman–Crippen MR) is 77.5 cm³/mol. The van der Waals surface area contributed by atoms with Gasteiger partial charge in [0.05, 0.1) is 13.2 Å². The summed E-state index contributed by atoms with van der Waals surface area (Å²) in [5, 5.41) is 0.